The lowest BCUT2D eigenvalue weighted by Crippen LogP contribution is -2.19. The molecule has 0 radical (unpaired) electrons. The van der Waals surface area contributed by atoms with Gasteiger partial charge in [-0.15, -0.1) is 0 Å². The molecule has 150 valence electrons. The van der Waals surface area contributed by atoms with Crippen LogP contribution in [0.2, 0.25) is 0 Å². The Bertz CT molecular complexity index is 1060. The molecule has 2 heterocycles. The van der Waals surface area contributed by atoms with Gasteiger partial charge in [0.05, 0.1) is 12.0 Å². The fourth-order valence-electron chi connectivity index (χ4n) is 3.03. The SMILES string of the molecule is Cc1cc(C)nc(SCC(=O)NN=Cc2cc(C)n(-c3cccc(Br)c3)c2C)n1. The molecule has 1 amide bonds. The molecular weight excluding hydrogens is 450 g/mol. The standard InChI is InChI=1S/C21H22BrN5OS/c1-13-8-14(2)25-21(24-13)29-12-20(28)26-23-11-17-9-15(3)27(16(17)4)19-7-5-6-18(22)10-19/h5-11H,12H2,1-4H3,(H,26,28). The monoisotopic (exact) mass is 471 g/mol. The summed E-state index contributed by atoms with van der Waals surface area (Å²) in [6, 6.07) is 12.1. The number of hydrazone groups is 1. The highest BCUT2D eigenvalue weighted by Crippen LogP contribution is 2.22. The van der Waals surface area contributed by atoms with E-state index in [9.17, 15) is 4.79 Å². The fraction of sp³-hybridized carbons (Fsp3) is 0.238. The number of carbonyl (C=O) groups excluding carboxylic acids is 1. The van der Waals surface area contributed by atoms with Gasteiger partial charge in [0.25, 0.3) is 5.91 Å². The minimum atomic E-state index is -0.199. The zero-order chi connectivity index (χ0) is 21.0. The molecule has 3 rings (SSSR count). The van der Waals surface area contributed by atoms with Gasteiger partial charge in [0.1, 0.15) is 0 Å². The van der Waals surface area contributed by atoms with Gasteiger partial charge in [0.2, 0.25) is 0 Å². The molecule has 0 saturated heterocycles. The third-order valence-electron chi connectivity index (χ3n) is 4.22. The number of nitrogens with one attached hydrogen (secondary N) is 1. The lowest BCUT2D eigenvalue weighted by molar-refractivity contribution is -0.118. The van der Waals surface area contributed by atoms with Gasteiger partial charge >= 0.3 is 0 Å². The van der Waals surface area contributed by atoms with E-state index in [4.69, 9.17) is 0 Å². The van der Waals surface area contributed by atoms with Crippen molar-refractivity contribution >= 4 is 39.8 Å². The first-order chi connectivity index (χ1) is 13.8. The Hall–Kier alpha value is -2.45. The normalized spacial score (nSPS) is 11.2. The summed E-state index contributed by atoms with van der Waals surface area (Å²) in [6.07, 6.45) is 1.67. The van der Waals surface area contributed by atoms with Crippen molar-refractivity contribution in [2.45, 2.75) is 32.9 Å². The maximum atomic E-state index is 12.1. The Balaban J connectivity index is 1.63. The number of aromatic nitrogens is 3. The first kappa shape index (κ1) is 21.3. The molecule has 0 aliphatic heterocycles. The van der Waals surface area contributed by atoms with Crippen LogP contribution in [0.25, 0.3) is 5.69 Å². The maximum Gasteiger partial charge on any atom is 0.250 e. The van der Waals surface area contributed by atoms with Crippen molar-refractivity contribution < 1.29 is 4.79 Å². The van der Waals surface area contributed by atoms with Crippen LogP contribution in [0.4, 0.5) is 0 Å². The number of aryl methyl sites for hydroxylation is 3. The molecule has 8 heteroatoms. The number of nitrogens with zero attached hydrogens (tertiary/aromatic N) is 4. The summed E-state index contributed by atoms with van der Waals surface area (Å²) in [6.45, 7) is 7.90. The zero-order valence-corrected chi connectivity index (χ0v) is 19.1. The summed E-state index contributed by atoms with van der Waals surface area (Å²) in [5, 5.41) is 4.71. The predicted octanol–water partition coefficient (Wildman–Crippen LogP) is 4.51. The van der Waals surface area contributed by atoms with E-state index < -0.39 is 0 Å². The number of carbonyl (C=O) groups is 1. The third kappa shape index (κ3) is 5.55. The lowest BCUT2D eigenvalue weighted by Gasteiger charge is -2.09. The van der Waals surface area contributed by atoms with Crippen molar-refractivity contribution in [3.63, 3.8) is 0 Å². The molecule has 0 spiro atoms. The van der Waals surface area contributed by atoms with E-state index in [1.165, 1.54) is 11.8 Å². The Morgan fingerprint density at radius 1 is 1.17 bits per heavy atom. The van der Waals surface area contributed by atoms with Crippen molar-refractivity contribution in [2.75, 3.05) is 5.75 Å². The lowest BCUT2D eigenvalue weighted by atomic mass is 10.2. The van der Waals surface area contributed by atoms with Crippen molar-refractivity contribution in [3.8, 4) is 5.69 Å². The Morgan fingerprint density at radius 3 is 2.59 bits per heavy atom. The van der Waals surface area contributed by atoms with Gasteiger partial charge in [0.15, 0.2) is 5.16 Å². The zero-order valence-electron chi connectivity index (χ0n) is 16.7. The molecule has 1 aromatic carbocycles. The number of hydrogen-bond acceptors (Lipinski definition) is 5. The largest absolute Gasteiger partial charge is 0.318 e. The number of halogens is 1. The van der Waals surface area contributed by atoms with E-state index in [0.29, 0.717) is 5.16 Å². The van der Waals surface area contributed by atoms with Gasteiger partial charge in [-0.05, 0) is 58.0 Å². The van der Waals surface area contributed by atoms with Crippen molar-refractivity contribution in [3.05, 3.63) is 69.2 Å². The molecule has 0 aliphatic carbocycles. The van der Waals surface area contributed by atoms with Gasteiger partial charge < -0.3 is 4.57 Å². The summed E-state index contributed by atoms with van der Waals surface area (Å²) < 4.78 is 3.18. The molecule has 0 bridgehead atoms. The molecule has 0 fully saturated rings. The molecule has 29 heavy (non-hydrogen) atoms. The number of hydrogen-bond donors (Lipinski definition) is 1. The summed E-state index contributed by atoms with van der Waals surface area (Å²) in [5.41, 5.74) is 8.52. The second kappa shape index (κ2) is 9.37. The molecule has 6 nitrogen and oxygen atoms in total. The van der Waals surface area contributed by atoms with Crippen LogP contribution in [-0.4, -0.2) is 32.4 Å². The van der Waals surface area contributed by atoms with E-state index in [1.807, 2.05) is 52.0 Å². The Morgan fingerprint density at radius 2 is 1.90 bits per heavy atom. The highest BCUT2D eigenvalue weighted by Gasteiger charge is 2.10. The molecular formula is C21H22BrN5OS. The smallest absolute Gasteiger partial charge is 0.250 e. The second-order valence-corrected chi connectivity index (χ2v) is 8.52. The molecule has 2 aromatic heterocycles. The topological polar surface area (TPSA) is 72.2 Å². The van der Waals surface area contributed by atoms with Crippen LogP contribution in [0.15, 0.2) is 51.1 Å². The van der Waals surface area contributed by atoms with Crippen molar-refractivity contribution in [2.24, 2.45) is 5.10 Å². The third-order valence-corrected chi connectivity index (χ3v) is 5.56. The average Bonchev–Trinajstić information content (AvgIpc) is 2.93. The second-order valence-electron chi connectivity index (χ2n) is 6.66. The molecule has 0 aliphatic rings. The first-order valence-electron chi connectivity index (χ1n) is 9.05. The van der Waals surface area contributed by atoms with Crippen LogP contribution in [0.1, 0.15) is 28.3 Å². The molecule has 1 N–H and O–H groups in total. The van der Waals surface area contributed by atoms with E-state index >= 15 is 0 Å². The number of amides is 1. The highest BCUT2D eigenvalue weighted by atomic mass is 79.9. The van der Waals surface area contributed by atoms with E-state index in [2.05, 4.69) is 53.1 Å². The molecule has 3 aromatic rings. The average molecular weight is 472 g/mol. The van der Waals surface area contributed by atoms with E-state index in [-0.39, 0.29) is 11.7 Å². The quantitative estimate of drug-likeness (QED) is 0.248. The summed E-state index contributed by atoms with van der Waals surface area (Å²) in [7, 11) is 0. The highest BCUT2D eigenvalue weighted by molar-refractivity contribution is 9.10. The van der Waals surface area contributed by atoms with Crippen LogP contribution in [0.3, 0.4) is 0 Å². The van der Waals surface area contributed by atoms with Gasteiger partial charge in [-0.2, -0.15) is 5.10 Å². The van der Waals surface area contributed by atoms with Crippen molar-refractivity contribution in [1.82, 2.24) is 20.0 Å². The van der Waals surface area contributed by atoms with Gasteiger partial charge in [-0.3, -0.25) is 4.79 Å². The Labute approximate surface area is 183 Å². The van der Waals surface area contributed by atoms with E-state index in [1.54, 1.807) is 6.21 Å². The van der Waals surface area contributed by atoms with Crippen LogP contribution < -0.4 is 5.43 Å². The summed E-state index contributed by atoms with van der Waals surface area (Å²) in [4.78, 5) is 20.7. The predicted molar refractivity (Wildman–Crippen MR) is 121 cm³/mol. The first-order valence-corrected chi connectivity index (χ1v) is 10.8. The molecule has 0 saturated carbocycles. The minimum Gasteiger partial charge on any atom is -0.318 e. The van der Waals surface area contributed by atoms with Crippen molar-refractivity contribution in [1.29, 1.82) is 0 Å². The number of benzene rings is 1. The van der Waals surface area contributed by atoms with Crippen LogP contribution in [-0.2, 0) is 4.79 Å². The van der Waals surface area contributed by atoms with E-state index in [0.717, 1.165) is 38.5 Å². The molecule has 0 atom stereocenters. The van der Waals surface area contributed by atoms with Crippen LogP contribution in [0.5, 0.6) is 0 Å². The van der Waals surface area contributed by atoms with Crippen LogP contribution >= 0.6 is 27.7 Å². The minimum absolute atomic E-state index is 0.199. The summed E-state index contributed by atoms with van der Waals surface area (Å²) >= 11 is 4.81. The van der Waals surface area contributed by atoms with Gasteiger partial charge in [-0.1, -0.05) is 33.8 Å². The molecule has 0 unspecified atom stereocenters. The Kier molecular flexibility index (Phi) is 6.87. The fourth-order valence-corrected chi connectivity index (χ4v) is 4.15. The van der Waals surface area contributed by atoms with Gasteiger partial charge in [0, 0.05) is 38.5 Å². The maximum absolute atomic E-state index is 12.1. The number of thioether (sulfide) groups is 1. The number of rotatable bonds is 6. The van der Waals surface area contributed by atoms with Crippen LogP contribution in [0, 0.1) is 27.7 Å². The summed E-state index contributed by atoms with van der Waals surface area (Å²) in [5.74, 6) is 0.00640. The van der Waals surface area contributed by atoms with Gasteiger partial charge in [-0.25, -0.2) is 15.4 Å².